The van der Waals surface area contributed by atoms with Gasteiger partial charge in [-0.15, -0.1) is 0 Å². The molecule has 0 bridgehead atoms. The molecule has 116 valence electrons. The Balaban J connectivity index is 1.42. The van der Waals surface area contributed by atoms with Crippen molar-refractivity contribution in [2.24, 2.45) is 5.92 Å². The number of benzene rings is 2. The Labute approximate surface area is 132 Å². The first-order valence-electron chi connectivity index (χ1n) is 7.70. The standard InChI is InChI=1S/C18H21NO2S/c20-22(21,17-9-5-2-6-10-17)12-11-19-14-16-13-18(16)15-7-3-1-4-8-15/h1-10,16,18-19H,11-14H2. The molecule has 22 heavy (non-hydrogen) atoms. The van der Waals surface area contributed by atoms with Crippen LogP contribution in [0, 0.1) is 5.92 Å². The first kappa shape index (κ1) is 15.3. The predicted molar refractivity (Wildman–Crippen MR) is 88.7 cm³/mol. The minimum Gasteiger partial charge on any atom is -0.315 e. The molecule has 1 saturated carbocycles. The summed E-state index contributed by atoms with van der Waals surface area (Å²) in [6, 6.07) is 19.2. The SMILES string of the molecule is O=S(=O)(CCNCC1CC1c1ccccc1)c1ccccc1. The Morgan fingerprint density at radius 1 is 0.955 bits per heavy atom. The lowest BCUT2D eigenvalue weighted by Crippen LogP contribution is -2.25. The van der Waals surface area contributed by atoms with Gasteiger partial charge in [0.2, 0.25) is 0 Å². The lowest BCUT2D eigenvalue weighted by molar-refractivity contribution is 0.587. The van der Waals surface area contributed by atoms with E-state index >= 15 is 0 Å². The maximum absolute atomic E-state index is 12.1. The van der Waals surface area contributed by atoms with Crippen molar-refractivity contribution in [3.05, 3.63) is 66.2 Å². The van der Waals surface area contributed by atoms with E-state index in [0.717, 1.165) is 6.54 Å². The Hall–Kier alpha value is -1.65. The van der Waals surface area contributed by atoms with Crippen molar-refractivity contribution < 1.29 is 8.42 Å². The molecule has 0 heterocycles. The zero-order chi connectivity index (χ0) is 15.4. The van der Waals surface area contributed by atoms with Crippen molar-refractivity contribution in [2.75, 3.05) is 18.8 Å². The lowest BCUT2D eigenvalue weighted by Gasteiger charge is -2.06. The van der Waals surface area contributed by atoms with Crippen molar-refractivity contribution in [1.29, 1.82) is 0 Å². The highest BCUT2D eigenvalue weighted by Gasteiger charge is 2.37. The van der Waals surface area contributed by atoms with E-state index in [2.05, 4.69) is 29.6 Å². The second-order valence-corrected chi connectivity index (χ2v) is 7.96. The van der Waals surface area contributed by atoms with Crippen LogP contribution in [0.1, 0.15) is 17.9 Å². The van der Waals surface area contributed by atoms with E-state index in [1.807, 2.05) is 12.1 Å². The average Bonchev–Trinajstić information content (AvgIpc) is 3.33. The van der Waals surface area contributed by atoms with Crippen LogP contribution < -0.4 is 5.32 Å². The zero-order valence-electron chi connectivity index (χ0n) is 12.5. The molecule has 3 rings (SSSR count). The van der Waals surface area contributed by atoms with Crippen LogP contribution in [0.3, 0.4) is 0 Å². The van der Waals surface area contributed by atoms with Gasteiger partial charge >= 0.3 is 0 Å². The summed E-state index contributed by atoms with van der Waals surface area (Å²) in [5.74, 6) is 1.43. The summed E-state index contributed by atoms with van der Waals surface area (Å²) in [6.07, 6.45) is 1.20. The van der Waals surface area contributed by atoms with Gasteiger partial charge in [-0.05, 0) is 42.5 Å². The van der Waals surface area contributed by atoms with Gasteiger partial charge < -0.3 is 5.32 Å². The largest absolute Gasteiger partial charge is 0.315 e. The quantitative estimate of drug-likeness (QED) is 0.799. The highest BCUT2D eigenvalue weighted by atomic mass is 32.2. The van der Waals surface area contributed by atoms with Crippen LogP contribution in [0.2, 0.25) is 0 Å². The number of hydrogen-bond acceptors (Lipinski definition) is 3. The van der Waals surface area contributed by atoms with Crippen molar-refractivity contribution in [2.45, 2.75) is 17.2 Å². The molecule has 2 aromatic rings. The smallest absolute Gasteiger partial charge is 0.179 e. The van der Waals surface area contributed by atoms with Gasteiger partial charge in [0.05, 0.1) is 10.6 Å². The summed E-state index contributed by atoms with van der Waals surface area (Å²) < 4.78 is 24.3. The summed E-state index contributed by atoms with van der Waals surface area (Å²) in [7, 11) is -3.17. The molecule has 1 aliphatic rings. The first-order valence-corrected chi connectivity index (χ1v) is 9.35. The zero-order valence-corrected chi connectivity index (χ0v) is 13.3. The van der Waals surface area contributed by atoms with Crippen LogP contribution in [-0.2, 0) is 9.84 Å². The summed E-state index contributed by atoms with van der Waals surface area (Å²) in [5.41, 5.74) is 1.39. The second kappa shape index (κ2) is 6.63. The molecule has 2 aromatic carbocycles. The van der Waals surface area contributed by atoms with Gasteiger partial charge in [-0.25, -0.2) is 8.42 Å². The summed E-state index contributed by atoms with van der Waals surface area (Å²) in [5, 5.41) is 3.29. The maximum atomic E-state index is 12.1. The van der Waals surface area contributed by atoms with Crippen LogP contribution in [-0.4, -0.2) is 27.3 Å². The molecule has 1 fully saturated rings. The molecular formula is C18H21NO2S. The minimum absolute atomic E-state index is 0.153. The molecule has 4 heteroatoms. The van der Waals surface area contributed by atoms with Crippen LogP contribution in [0.15, 0.2) is 65.6 Å². The molecule has 0 amide bonds. The molecule has 0 radical (unpaired) electrons. The fraction of sp³-hybridized carbons (Fsp3) is 0.333. The monoisotopic (exact) mass is 315 g/mol. The van der Waals surface area contributed by atoms with E-state index in [1.54, 1.807) is 24.3 Å². The number of rotatable bonds is 7. The third-order valence-electron chi connectivity index (χ3n) is 4.21. The fourth-order valence-electron chi connectivity index (χ4n) is 2.82. The Morgan fingerprint density at radius 3 is 2.27 bits per heavy atom. The number of sulfone groups is 1. The van der Waals surface area contributed by atoms with E-state index in [9.17, 15) is 8.42 Å². The molecular weight excluding hydrogens is 294 g/mol. The number of hydrogen-bond donors (Lipinski definition) is 1. The first-order chi connectivity index (χ1) is 10.7. The normalized spacial score (nSPS) is 20.7. The van der Waals surface area contributed by atoms with Crippen LogP contribution in [0.4, 0.5) is 0 Å². The number of nitrogens with one attached hydrogen (secondary N) is 1. The molecule has 1 N–H and O–H groups in total. The van der Waals surface area contributed by atoms with E-state index in [1.165, 1.54) is 12.0 Å². The topological polar surface area (TPSA) is 46.2 Å². The Morgan fingerprint density at radius 2 is 1.59 bits per heavy atom. The molecule has 0 aromatic heterocycles. The second-order valence-electron chi connectivity index (χ2n) is 5.85. The van der Waals surface area contributed by atoms with Gasteiger partial charge in [0.1, 0.15) is 0 Å². The fourth-order valence-corrected chi connectivity index (χ4v) is 4.04. The summed E-state index contributed by atoms with van der Waals surface area (Å²) in [4.78, 5) is 0.408. The van der Waals surface area contributed by atoms with Crippen molar-refractivity contribution in [1.82, 2.24) is 5.32 Å². The third-order valence-corrected chi connectivity index (χ3v) is 5.94. The Kier molecular flexibility index (Phi) is 4.60. The van der Waals surface area contributed by atoms with E-state index < -0.39 is 9.84 Å². The highest BCUT2D eigenvalue weighted by Crippen LogP contribution is 2.46. The van der Waals surface area contributed by atoms with Crippen LogP contribution in [0.5, 0.6) is 0 Å². The van der Waals surface area contributed by atoms with Gasteiger partial charge in [-0.2, -0.15) is 0 Å². The maximum Gasteiger partial charge on any atom is 0.179 e. The molecule has 0 saturated heterocycles. The molecule has 3 nitrogen and oxygen atoms in total. The summed E-state index contributed by atoms with van der Waals surface area (Å²) in [6.45, 7) is 1.40. The van der Waals surface area contributed by atoms with Gasteiger partial charge in [0, 0.05) is 6.54 Å². The lowest BCUT2D eigenvalue weighted by atomic mass is 10.1. The van der Waals surface area contributed by atoms with Gasteiger partial charge in [-0.1, -0.05) is 48.5 Å². The van der Waals surface area contributed by atoms with Crippen molar-refractivity contribution in [3.8, 4) is 0 Å². The van der Waals surface area contributed by atoms with Crippen molar-refractivity contribution in [3.63, 3.8) is 0 Å². The van der Waals surface area contributed by atoms with E-state index in [4.69, 9.17) is 0 Å². The van der Waals surface area contributed by atoms with Crippen LogP contribution in [0.25, 0.3) is 0 Å². The molecule has 1 aliphatic carbocycles. The predicted octanol–water partition coefficient (Wildman–Crippen LogP) is 2.85. The van der Waals surface area contributed by atoms with Gasteiger partial charge in [0.15, 0.2) is 9.84 Å². The van der Waals surface area contributed by atoms with E-state index in [0.29, 0.717) is 23.3 Å². The van der Waals surface area contributed by atoms with Crippen molar-refractivity contribution >= 4 is 9.84 Å². The summed E-state index contributed by atoms with van der Waals surface area (Å²) >= 11 is 0. The molecule has 2 unspecified atom stereocenters. The Bertz CT molecular complexity index is 698. The van der Waals surface area contributed by atoms with Crippen LogP contribution >= 0.6 is 0 Å². The van der Waals surface area contributed by atoms with Gasteiger partial charge in [-0.3, -0.25) is 0 Å². The molecule has 0 spiro atoms. The highest BCUT2D eigenvalue weighted by molar-refractivity contribution is 7.91. The van der Waals surface area contributed by atoms with Gasteiger partial charge in [0.25, 0.3) is 0 Å². The van der Waals surface area contributed by atoms with E-state index in [-0.39, 0.29) is 5.75 Å². The average molecular weight is 315 g/mol. The molecule has 0 aliphatic heterocycles. The third kappa shape index (κ3) is 3.76. The molecule has 2 atom stereocenters. The minimum atomic E-state index is -3.17.